The smallest absolute Gasteiger partial charge is 0.232 e. The molecule has 0 radical (unpaired) electrons. The van der Waals surface area contributed by atoms with E-state index in [2.05, 4.69) is 24.3 Å². The van der Waals surface area contributed by atoms with Crippen LogP contribution in [0.4, 0.5) is 0 Å². The molecule has 1 aromatic rings. The Kier molecular flexibility index (Phi) is 3.31. The molecule has 17 heavy (non-hydrogen) atoms. The molecule has 1 aliphatic rings. The Morgan fingerprint density at radius 3 is 2.18 bits per heavy atom. The van der Waals surface area contributed by atoms with Crippen molar-refractivity contribution in [3.05, 3.63) is 35.4 Å². The molecule has 0 aliphatic heterocycles. The minimum absolute atomic E-state index is 0.194. The first-order valence-electron chi connectivity index (χ1n) is 6.26. The van der Waals surface area contributed by atoms with Crippen molar-refractivity contribution in [2.45, 2.75) is 44.9 Å². The van der Waals surface area contributed by atoms with Crippen molar-refractivity contribution in [1.82, 2.24) is 0 Å². The van der Waals surface area contributed by atoms with Gasteiger partial charge in [-0.1, -0.05) is 38.1 Å². The van der Waals surface area contributed by atoms with E-state index in [4.69, 9.17) is 11.6 Å². The summed E-state index contributed by atoms with van der Waals surface area (Å²) in [5, 5.41) is -0.272. The molecule has 92 valence electrons. The molecular formula is C15H19ClO. The Balaban J connectivity index is 2.33. The Labute approximate surface area is 108 Å². The topological polar surface area (TPSA) is 17.1 Å². The molecule has 1 unspecified atom stereocenters. The van der Waals surface area contributed by atoms with Crippen molar-refractivity contribution < 1.29 is 4.79 Å². The molecule has 0 amide bonds. The average Bonchev–Trinajstić information content (AvgIpc) is 3.11. The predicted molar refractivity (Wildman–Crippen MR) is 71.5 cm³/mol. The molecule has 0 aromatic heterocycles. The first kappa shape index (κ1) is 12.6. The zero-order chi connectivity index (χ0) is 12.6. The van der Waals surface area contributed by atoms with E-state index in [-0.39, 0.29) is 11.2 Å². The first-order valence-corrected chi connectivity index (χ1v) is 6.64. The molecule has 2 heteroatoms. The molecular weight excluding hydrogens is 232 g/mol. The summed E-state index contributed by atoms with van der Waals surface area (Å²) < 4.78 is 0. The second kappa shape index (κ2) is 4.45. The van der Waals surface area contributed by atoms with E-state index in [9.17, 15) is 4.79 Å². The molecule has 0 saturated heterocycles. The molecule has 1 nitrogen and oxygen atoms in total. The third-order valence-corrected chi connectivity index (χ3v) is 4.51. The van der Waals surface area contributed by atoms with Gasteiger partial charge in [-0.25, -0.2) is 0 Å². The SMILES string of the molecule is CC(C)C(C)(C(=O)Cl)c1ccc(C2CC2)cc1. The third-order valence-electron chi connectivity index (χ3n) is 4.12. The van der Waals surface area contributed by atoms with Crippen LogP contribution < -0.4 is 0 Å². The minimum Gasteiger partial charge on any atom is -0.280 e. The van der Waals surface area contributed by atoms with E-state index in [0.29, 0.717) is 0 Å². The fourth-order valence-corrected chi connectivity index (χ4v) is 2.52. The summed E-state index contributed by atoms with van der Waals surface area (Å²) in [4.78, 5) is 11.7. The maximum absolute atomic E-state index is 11.7. The standard InChI is InChI=1S/C15H19ClO/c1-10(2)15(3,14(16)17)13-8-6-12(7-9-13)11-4-5-11/h6-11H,4-5H2,1-3H3. The van der Waals surface area contributed by atoms with Gasteiger partial charge in [-0.15, -0.1) is 0 Å². The minimum atomic E-state index is -0.580. The van der Waals surface area contributed by atoms with Crippen LogP contribution in [0, 0.1) is 5.92 Å². The van der Waals surface area contributed by atoms with Crippen LogP contribution in [0.3, 0.4) is 0 Å². The zero-order valence-corrected chi connectivity index (χ0v) is 11.4. The number of rotatable bonds is 4. The highest BCUT2D eigenvalue weighted by molar-refractivity contribution is 6.65. The molecule has 0 bridgehead atoms. The number of carbonyl (C=O) groups is 1. The Bertz CT molecular complexity index is 417. The molecule has 1 saturated carbocycles. The van der Waals surface area contributed by atoms with Gasteiger partial charge in [-0.05, 0) is 54.3 Å². The number of benzene rings is 1. The summed E-state index contributed by atoms with van der Waals surface area (Å²) in [5.41, 5.74) is 1.84. The monoisotopic (exact) mass is 250 g/mol. The van der Waals surface area contributed by atoms with E-state index in [1.807, 2.05) is 20.8 Å². The number of carbonyl (C=O) groups excluding carboxylic acids is 1. The highest BCUT2D eigenvalue weighted by atomic mass is 35.5. The molecule has 1 aromatic carbocycles. The fraction of sp³-hybridized carbons (Fsp3) is 0.533. The third kappa shape index (κ3) is 2.26. The second-order valence-electron chi connectivity index (χ2n) is 5.53. The van der Waals surface area contributed by atoms with Gasteiger partial charge in [-0.3, -0.25) is 4.79 Å². The van der Waals surface area contributed by atoms with Gasteiger partial charge in [0.25, 0.3) is 0 Å². The summed E-state index contributed by atoms with van der Waals surface area (Å²) in [5.74, 6) is 0.945. The quantitative estimate of drug-likeness (QED) is 0.731. The molecule has 1 fully saturated rings. The van der Waals surface area contributed by atoms with Crippen LogP contribution in [0.15, 0.2) is 24.3 Å². The van der Waals surface area contributed by atoms with Crippen molar-refractivity contribution in [2.75, 3.05) is 0 Å². The van der Waals surface area contributed by atoms with Crippen LogP contribution in [0.1, 0.15) is 50.7 Å². The summed E-state index contributed by atoms with van der Waals surface area (Å²) in [6.45, 7) is 6.00. The predicted octanol–water partition coefficient (Wildman–Crippen LogP) is 4.24. The van der Waals surface area contributed by atoms with Gasteiger partial charge in [0.05, 0.1) is 5.41 Å². The van der Waals surface area contributed by atoms with Crippen molar-refractivity contribution in [3.8, 4) is 0 Å². The van der Waals surface area contributed by atoms with Crippen molar-refractivity contribution in [2.24, 2.45) is 5.92 Å². The van der Waals surface area contributed by atoms with E-state index >= 15 is 0 Å². The highest BCUT2D eigenvalue weighted by Crippen LogP contribution is 2.41. The molecule has 0 N–H and O–H groups in total. The number of halogens is 1. The Morgan fingerprint density at radius 2 is 1.82 bits per heavy atom. The average molecular weight is 251 g/mol. The molecule has 1 atom stereocenters. The summed E-state index contributed by atoms with van der Waals surface area (Å²) in [6.07, 6.45) is 2.60. The molecule has 1 aliphatic carbocycles. The van der Waals surface area contributed by atoms with Crippen molar-refractivity contribution in [1.29, 1.82) is 0 Å². The van der Waals surface area contributed by atoms with Crippen LogP contribution in [0.2, 0.25) is 0 Å². The number of hydrogen-bond donors (Lipinski definition) is 0. The van der Waals surface area contributed by atoms with Crippen LogP contribution in [-0.2, 0) is 10.2 Å². The van der Waals surface area contributed by atoms with Crippen LogP contribution in [0.25, 0.3) is 0 Å². The Hall–Kier alpha value is -0.820. The van der Waals surface area contributed by atoms with Crippen LogP contribution in [-0.4, -0.2) is 5.24 Å². The van der Waals surface area contributed by atoms with Gasteiger partial charge >= 0.3 is 0 Å². The highest BCUT2D eigenvalue weighted by Gasteiger charge is 2.37. The second-order valence-corrected chi connectivity index (χ2v) is 5.87. The zero-order valence-electron chi connectivity index (χ0n) is 10.7. The Morgan fingerprint density at radius 1 is 1.29 bits per heavy atom. The lowest BCUT2D eigenvalue weighted by Gasteiger charge is -2.30. The van der Waals surface area contributed by atoms with Gasteiger partial charge in [0.1, 0.15) is 0 Å². The first-order chi connectivity index (χ1) is 7.96. The largest absolute Gasteiger partial charge is 0.280 e. The summed E-state index contributed by atoms with van der Waals surface area (Å²) in [6, 6.07) is 8.42. The fourth-order valence-electron chi connectivity index (χ4n) is 2.19. The molecule has 0 heterocycles. The maximum Gasteiger partial charge on any atom is 0.232 e. The van der Waals surface area contributed by atoms with E-state index < -0.39 is 5.41 Å². The lowest BCUT2D eigenvalue weighted by atomic mass is 9.74. The van der Waals surface area contributed by atoms with Gasteiger partial charge in [0, 0.05) is 0 Å². The van der Waals surface area contributed by atoms with E-state index in [1.54, 1.807) is 0 Å². The number of hydrogen-bond acceptors (Lipinski definition) is 1. The van der Waals surface area contributed by atoms with Gasteiger partial charge < -0.3 is 0 Å². The van der Waals surface area contributed by atoms with Crippen LogP contribution in [0.5, 0.6) is 0 Å². The van der Waals surface area contributed by atoms with Gasteiger partial charge in [-0.2, -0.15) is 0 Å². The van der Waals surface area contributed by atoms with Gasteiger partial charge in [0.2, 0.25) is 5.24 Å². The van der Waals surface area contributed by atoms with Gasteiger partial charge in [0.15, 0.2) is 0 Å². The lowest BCUT2D eigenvalue weighted by molar-refractivity contribution is -0.117. The lowest BCUT2D eigenvalue weighted by Crippen LogP contribution is -2.34. The van der Waals surface area contributed by atoms with E-state index in [0.717, 1.165) is 11.5 Å². The summed E-state index contributed by atoms with van der Waals surface area (Å²) in [7, 11) is 0. The summed E-state index contributed by atoms with van der Waals surface area (Å²) >= 11 is 5.79. The maximum atomic E-state index is 11.7. The normalized spacial score (nSPS) is 19.1. The molecule has 0 spiro atoms. The van der Waals surface area contributed by atoms with E-state index in [1.165, 1.54) is 18.4 Å². The van der Waals surface area contributed by atoms with Crippen molar-refractivity contribution in [3.63, 3.8) is 0 Å². The van der Waals surface area contributed by atoms with Crippen LogP contribution >= 0.6 is 11.6 Å². The van der Waals surface area contributed by atoms with Crippen molar-refractivity contribution >= 4 is 16.8 Å². The molecule has 2 rings (SSSR count).